The first-order valence-electron chi connectivity index (χ1n) is 11.5. The molecule has 2 aromatic rings. The van der Waals surface area contributed by atoms with E-state index in [2.05, 4.69) is 14.8 Å². The van der Waals surface area contributed by atoms with Crippen LogP contribution in [0.5, 0.6) is 0 Å². The van der Waals surface area contributed by atoms with E-state index >= 15 is 0 Å². The van der Waals surface area contributed by atoms with Gasteiger partial charge in [0, 0.05) is 57.0 Å². The summed E-state index contributed by atoms with van der Waals surface area (Å²) in [5.74, 6) is 2.18. The quantitative estimate of drug-likeness (QED) is 0.710. The topological polar surface area (TPSA) is 80.4 Å². The van der Waals surface area contributed by atoms with Gasteiger partial charge in [-0.25, -0.2) is 15.0 Å². The molecule has 176 valence electrons. The molecule has 2 N–H and O–H groups in total. The number of nitrogen functional groups attached to an aromatic ring is 1. The summed E-state index contributed by atoms with van der Waals surface area (Å²) in [6, 6.07) is 3.36. The molecule has 2 bridgehead atoms. The average Bonchev–Trinajstić information content (AvgIpc) is 3.16. The smallest absolute Gasteiger partial charge is 0.383 e. The highest BCUT2D eigenvalue weighted by molar-refractivity contribution is 5.64. The second kappa shape index (κ2) is 7.53. The Labute approximate surface area is 190 Å². The molecular weight excluding hydrogens is 433 g/mol. The van der Waals surface area contributed by atoms with Crippen LogP contribution in [-0.2, 0) is 10.9 Å². The van der Waals surface area contributed by atoms with Gasteiger partial charge in [-0.15, -0.1) is 0 Å². The number of nitrogens with two attached hydrogens (primary N) is 1. The van der Waals surface area contributed by atoms with Crippen LogP contribution in [0, 0.1) is 17.8 Å². The number of ether oxygens (including phenoxy) is 1. The van der Waals surface area contributed by atoms with E-state index in [-0.39, 0.29) is 0 Å². The Hall–Kier alpha value is -2.46. The minimum Gasteiger partial charge on any atom is -0.383 e. The Morgan fingerprint density at radius 3 is 2.52 bits per heavy atom. The van der Waals surface area contributed by atoms with Crippen molar-refractivity contribution < 1.29 is 17.9 Å². The van der Waals surface area contributed by atoms with Crippen LogP contribution in [0.3, 0.4) is 0 Å². The molecule has 3 atom stereocenters. The molecule has 10 heteroatoms. The molecule has 5 aliphatic rings. The monoisotopic (exact) mass is 460 g/mol. The van der Waals surface area contributed by atoms with E-state index in [1.165, 1.54) is 6.20 Å². The number of piperidine rings is 1. The number of anilines is 2. The first-order chi connectivity index (χ1) is 15.8. The Bertz CT molecular complexity index is 1060. The standard InChI is InChI=1S/C23H27F3N6O/c1-33-3-2-31-10-15-16(11-31)20(15)19-7-18(13-6-17(23(24,25)26)21(27)28-8-13)29-22(30-19)32-9-12-4-14(32)5-12/h6-8,12,14-16,20H,2-5,9-11H2,1H3,(H2,27,28)/t12?,14?,15-,16+,20?. The van der Waals surface area contributed by atoms with Gasteiger partial charge < -0.3 is 20.3 Å². The van der Waals surface area contributed by atoms with E-state index < -0.39 is 17.6 Å². The first-order valence-corrected chi connectivity index (χ1v) is 11.5. The summed E-state index contributed by atoms with van der Waals surface area (Å²) in [5, 5.41) is 0. The number of pyridine rings is 1. The molecule has 7 nitrogen and oxygen atoms in total. The van der Waals surface area contributed by atoms with Gasteiger partial charge in [0.1, 0.15) is 5.82 Å². The summed E-state index contributed by atoms with van der Waals surface area (Å²) in [7, 11) is 1.71. The third-order valence-corrected chi connectivity index (χ3v) is 7.84. The van der Waals surface area contributed by atoms with E-state index in [0.29, 0.717) is 46.9 Å². The zero-order chi connectivity index (χ0) is 22.9. The maximum atomic E-state index is 13.5. The number of alkyl halides is 3. The lowest BCUT2D eigenvalue weighted by molar-refractivity contribution is -0.137. The summed E-state index contributed by atoms with van der Waals surface area (Å²) in [4.78, 5) is 18.1. The van der Waals surface area contributed by atoms with Crippen LogP contribution < -0.4 is 10.6 Å². The molecule has 2 saturated carbocycles. The predicted octanol–water partition coefficient (Wildman–Crippen LogP) is 3.03. The molecule has 7 rings (SSSR count). The van der Waals surface area contributed by atoms with Crippen molar-refractivity contribution in [3.63, 3.8) is 0 Å². The number of likely N-dealkylation sites (tertiary alicyclic amines) is 1. The van der Waals surface area contributed by atoms with Crippen LogP contribution in [0.15, 0.2) is 18.3 Å². The number of aromatic nitrogens is 3. The highest BCUT2D eigenvalue weighted by atomic mass is 19.4. The number of nitrogens with zero attached hydrogens (tertiary/aromatic N) is 5. The summed E-state index contributed by atoms with van der Waals surface area (Å²) in [5.41, 5.74) is 6.33. The van der Waals surface area contributed by atoms with Gasteiger partial charge in [0.15, 0.2) is 0 Å². The SMILES string of the molecule is COCCN1C[C@@H]2C(c3cc(-c4cnc(N)c(C(F)(F)F)c4)nc(N4CC5CC4C5)n3)[C@@H]2C1. The Morgan fingerprint density at radius 2 is 1.88 bits per heavy atom. The molecule has 1 unspecified atom stereocenters. The third kappa shape index (κ3) is 3.63. The molecule has 5 fully saturated rings. The van der Waals surface area contributed by atoms with Gasteiger partial charge in [-0.1, -0.05) is 0 Å². The van der Waals surface area contributed by atoms with Crippen molar-refractivity contribution in [2.24, 2.45) is 17.8 Å². The van der Waals surface area contributed by atoms with Gasteiger partial charge in [-0.05, 0) is 42.7 Å². The Morgan fingerprint density at radius 1 is 1.12 bits per heavy atom. The lowest BCUT2D eigenvalue weighted by Crippen LogP contribution is -2.30. The lowest BCUT2D eigenvalue weighted by atomic mass is 9.86. The molecule has 0 spiro atoms. The van der Waals surface area contributed by atoms with E-state index in [0.717, 1.165) is 57.4 Å². The van der Waals surface area contributed by atoms with Gasteiger partial charge in [0.25, 0.3) is 0 Å². The van der Waals surface area contributed by atoms with Crippen molar-refractivity contribution in [2.75, 3.05) is 50.5 Å². The van der Waals surface area contributed by atoms with Gasteiger partial charge >= 0.3 is 6.18 Å². The van der Waals surface area contributed by atoms with Crippen molar-refractivity contribution in [1.29, 1.82) is 0 Å². The molecule has 3 saturated heterocycles. The van der Waals surface area contributed by atoms with E-state index in [1.807, 2.05) is 6.07 Å². The van der Waals surface area contributed by atoms with Crippen molar-refractivity contribution in [3.8, 4) is 11.3 Å². The van der Waals surface area contributed by atoms with Gasteiger partial charge in [-0.2, -0.15) is 13.2 Å². The Balaban J connectivity index is 1.33. The summed E-state index contributed by atoms with van der Waals surface area (Å²) in [6.07, 6.45) is -0.896. The number of methoxy groups -OCH3 is 1. The zero-order valence-electron chi connectivity index (χ0n) is 18.4. The molecule has 3 aliphatic heterocycles. The van der Waals surface area contributed by atoms with Crippen LogP contribution in [0.2, 0.25) is 0 Å². The molecule has 33 heavy (non-hydrogen) atoms. The molecule has 2 aliphatic carbocycles. The number of halogens is 3. The van der Waals surface area contributed by atoms with Gasteiger partial charge in [0.05, 0.1) is 23.6 Å². The predicted molar refractivity (Wildman–Crippen MR) is 117 cm³/mol. The van der Waals surface area contributed by atoms with E-state index in [1.54, 1.807) is 7.11 Å². The summed E-state index contributed by atoms with van der Waals surface area (Å²) >= 11 is 0. The van der Waals surface area contributed by atoms with E-state index in [9.17, 15) is 13.2 Å². The van der Waals surface area contributed by atoms with Crippen molar-refractivity contribution in [2.45, 2.75) is 31.0 Å². The van der Waals surface area contributed by atoms with Crippen LogP contribution in [0.25, 0.3) is 11.3 Å². The zero-order valence-corrected chi connectivity index (χ0v) is 18.4. The molecular formula is C23H27F3N6O. The second-order valence-electron chi connectivity index (χ2n) is 9.88. The van der Waals surface area contributed by atoms with Crippen molar-refractivity contribution in [3.05, 3.63) is 29.6 Å². The molecule has 0 amide bonds. The molecule has 5 heterocycles. The highest BCUT2D eigenvalue weighted by Gasteiger charge is 2.57. The lowest BCUT2D eigenvalue weighted by Gasteiger charge is -2.26. The van der Waals surface area contributed by atoms with Crippen LogP contribution >= 0.6 is 0 Å². The summed E-state index contributed by atoms with van der Waals surface area (Å²) < 4.78 is 45.5. The number of hydrogen-bond acceptors (Lipinski definition) is 7. The minimum atomic E-state index is -4.57. The summed E-state index contributed by atoms with van der Waals surface area (Å²) in [6.45, 7) is 4.57. The number of fused-ring (bicyclic) bond motifs is 2. The normalized spacial score (nSPS) is 30.4. The third-order valence-electron chi connectivity index (χ3n) is 7.84. The fourth-order valence-electron chi connectivity index (χ4n) is 5.97. The number of hydrogen-bond donors (Lipinski definition) is 1. The Kier molecular flexibility index (Phi) is 4.81. The fraction of sp³-hybridized carbons (Fsp3) is 0.609. The molecule has 0 aromatic carbocycles. The first kappa shape index (κ1) is 21.1. The maximum Gasteiger partial charge on any atom is 0.419 e. The largest absolute Gasteiger partial charge is 0.419 e. The highest BCUT2D eigenvalue weighted by Crippen LogP contribution is 2.58. The van der Waals surface area contributed by atoms with Gasteiger partial charge in [0.2, 0.25) is 5.95 Å². The van der Waals surface area contributed by atoms with Crippen molar-refractivity contribution in [1.82, 2.24) is 19.9 Å². The molecule has 2 aromatic heterocycles. The second-order valence-corrected chi connectivity index (χ2v) is 9.88. The van der Waals surface area contributed by atoms with Crippen LogP contribution in [-0.4, -0.2) is 65.8 Å². The van der Waals surface area contributed by atoms with Crippen LogP contribution in [0.1, 0.15) is 30.0 Å². The number of rotatable bonds is 6. The fourth-order valence-corrected chi connectivity index (χ4v) is 5.97. The van der Waals surface area contributed by atoms with E-state index in [4.69, 9.17) is 20.4 Å². The molecule has 0 radical (unpaired) electrons. The average molecular weight is 461 g/mol. The van der Waals surface area contributed by atoms with Crippen molar-refractivity contribution >= 4 is 11.8 Å². The minimum absolute atomic E-state index is 0.320. The van der Waals surface area contributed by atoms with Crippen LogP contribution in [0.4, 0.5) is 24.9 Å². The van der Waals surface area contributed by atoms with Gasteiger partial charge in [-0.3, -0.25) is 0 Å². The maximum absolute atomic E-state index is 13.5.